The summed E-state index contributed by atoms with van der Waals surface area (Å²) in [6, 6.07) is 23.4. The Hall–Kier alpha value is -6.19. The molecule has 5 atom stereocenters. The third kappa shape index (κ3) is 12.5. The summed E-state index contributed by atoms with van der Waals surface area (Å²) in [6.07, 6.45) is 3.96. The summed E-state index contributed by atoms with van der Waals surface area (Å²) in [4.78, 5) is 72.1. The second-order valence-electron chi connectivity index (χ2n) is 18.4. The van der Waals surface area contributed by atoms with Gasteiger partial charge in [-0.05, 0) is 65.5 Å². The highest BCUT2D eigenvalue weighted by Crippen LogP contribution is 2.30. The van der Waals surface area contributed by atoms with Crippen LogP contribution >= 0.6 is 11.3 Å². The molecule has 2 aromatic carbocycles. The summed E-state index contributed by atoms with van der Waals surface area (Å²) in [6.45, 7) is 12.3. The van der Waals surface area contributed by atoms with E-state index in [1.807, 2.05) is 132 Å². The third-order valence-corrected chi connectivity index (χ3v) is 12.2. The summed E-state index contributed by atoms with van der Waals surface area (Å²) in [5.41, 5.74) is 3.81. The number of alkyl carbamates (subject to hydrolysis) is 1. The number of ether oxygens (including phenoxy) is 1. The van der Waals surface area contributed by atoms with E-state index in [4.69, 9.17) is 9.72 Å². The maximum Gasteiger partial charge on any atom is 0.407 e. The molecule has 1 aliphatic heterocycles. The van der Waals surface area contributed by atoms with Gasteiger partial charge in [-0.2, -0.15) is 0 Å². The lowest BCUT2D eigenvalue weighted by Crippen LogP contribution is -2.59. The number of aromatic nitrogens is 3. The molecule has 1 aliphatic rings. The molecule has 0 bridgehead atoms. The zero-order chi connectivity index (χ0) is 46.0. The van der Waals surface area contributed by atoms with Gasteiger partial charge in [-0.3, -0.25) is 19.6 Å². The minimum Gasteiger partial charge on any atom is -0.453 e. The van der Waals surface area contributed by atoms with Crippen LogP contribution in [-0.4, -0.2) is 104 Å². The SMILES string of the molecule is COC(=O)NC(C(=O)N[C@H](Cc1ccc(-c2ccccn2)cc1)C[C@H](O)[C@H](Cc1ccccc1)NC(=O)C(N1CCN(Cc2csc(-c3cccnc3)n2)C1=O)C(C)(C)C)C(C)(C)C. The van der Waals surface area contributed by atoms with Crippen molar-refractivity contribution in [3.8, 4) is 21.8 Å². The molecular weight excluding hydrogens is 829 g/mol. The molecule has 14 nitrogen and oxygen atoms in total. The standard InChI is InChI=1S/C49H60N8O6S/c1-48(2,3)41(55-46(61)63-7)43(59)52-36(26-33-18-20-34(21-19-33)38-17-11-12-23-51-38)28-40(58)39(27-32-14-9-8-10-15-32)54-44(60)42(49(4,5)6)57-25-24-56(47(57)62)30-37-31-64-45(53-37)35-16-13-22-50-29-35/h8-23,29,31,36,39-42,58H,24-28,30H2,1-7H3,(H,52,59)(H,54,60)(H,55,61)/t36-,39+,40+,41?,42?/m1/s1. The number of nitrogens with zero attached hydrogens (tertiary/aromatic N) is 5. The summed E-state index contributed by atoms with van der Waals surface area (Å²) < 4.78 is 4.85. The number of amides is 5. The molecule has 64 heavy (non-hydrogen) atoms. The fourth-order valence-electron chi connectivity index (χ4n) is 8.02. The number of benzene rings is 2. The Balaban J connectivity index is 1.24. The number of urea groups is 1. The zero-order valence-corrected chi connectivity index (χ0v) is 38.5. The van der Waals surface area contributed by atoms with Gasteiger partial charge in [0.05, 0.1) is 37.2 Å². The van der Waals surface area contributed by atoms with E-state index in [-0.39, 0.29) is 18.9 Å². The molecule has 6 rings (SSSR count). The first kappa shape index (κ1) is 47.3. The first-order chi connectivity index (χ1) is 30.5. The number of carbonyl (C=O) groups is 4. The van der Waals surface area contributed by atoms with Crippen molar-refractivity contribution in [1.82, 2.24) is 40.7 Å². The highest BCUT2D eigenvalue weighted by Gasteiger charge is 2.44. The van der Waals surface area contributed by atoms with Crippen LogP contribution in [0.15, 0.2) is 109 Å². The lowest BCUT2D eigenvalue weighted by atomic mass is 9.84. The van der Waals surface area contributed by atoms with Crippen molar-refractivity contribution >= 4 is 35.3 Å². The average Bonchev–Trinajstić information content (AvgIpc) is 3.88. The largest absolute Gasteiger partial charge is 0.453 e. The molecule has 338 valence electrons. The molecule has 0 saturated carbocycles. The smallest absolute Gasteiger partial charge is 0.407 e. The number of hydrogen-bond acceptors (Lipinski definition) is 10. The highest BCUT2D eigenvalue weighted by atomic mass is 32.1. The van der Waals surface area contributed by atoms with Crippen molar-refractivity contribution in [1.29, 1.82) is 0 Å². The van der Waals surface area contributed by atoms with E-state index in [2.05, 4.69) is 25.9 Å². The Kier molecular flexibility index (Phi) is 15.5. The predicted molar refractivity (Wildman–Crippen MR) is 248 cm³/mol. The van der Waals surface area contributed by atoms with Gasteiger partial charge in [0.1, 0.15) is 17.1 Å². The molecule has 4 N–H and O–H groups in total. The van der Waals surface area contributed by atoms with Gasteiger partial charge < -0.3 is 35.6 Å². The van der Waals surface area contributed by atoms with E-state index in [9.17, 15) is 24.3 Å². The molecule has 2 unspecified atom stereocenters. The van der Waals surface area contributed by atoms with Crippen molar-refractivity contribution in [2.75, 3.05) is 20.2 Å². The van der Waals surface area contributed by atoms with Crippen molar-refractivity contribution < 1.29 is 29.0 Å². The van der Waals surface area contributed by atoms with Crippen LogP contribution in [-0.2, 0) is 33.7 Å². The minimum absolute atomic E-state index is 0.0475. The van der Waals surface area contributed by atoms with Crippen LogP contribution in [0.5, 0.6) is 0 Å². The fraction of sp³-hybridized carbons (Fsp3) is 0.408. The molecule has 5 aromatic rings. The molecule has 1 saturated heterocycles. The number of aliphatic hydroxyl groups is 1. The number of carbonyl (C=O) groups excluding carboxylic acids is 4. The topological polar surface area (TPSA) is 179 Å². The summed E-state index contributed by atoms with van der Waals surface area (Å²) in [5, 5.41) is 24.0. The molecule has 0 spiro atoms. The van der Waals surface area contributed by atoms with Gasteiger partial charge in [0.2, 0.25) is 11.8 Å². The van der Waals surface area contributed by atoms with Crippen molar-refractivity contribution in [3.63, 3.8) is 0 Å². The zero-order valence-electron chi connectivity index (χ0n) is 37.7. The first-order valence-corrected chi connectivity index (χ1v) is 22.5. The predicted octanol–water partition coefficient (Wildman–Crippen LogP) is 6.90. The van der Waals surface area contributed by atoms with Crippen LogP contribution in [0, 0.1) is 10.8 Å². The monoisotopic (exact) mass is 888 g/mol. The van der Waals surface area contributed by atoms with E-state index >= 15 is 0 Å². The van der Waals surface area contributed by atoms with Crippen molar-refractivity contribution in [3.05, 3.63) is 126 Å². The Labute approximate surface area is 379 Å². The maximum atomic E-state index is 14.7. The Morgan fingerprint density at radius 2 is 1.52 bits per heavy atom. The van der Waals surface area contributed by atoms with Crippen molar-refractivity contribution in [2.45, 2.75) is 97.6 Å². The molecule has 5 amide bonds. The second-order valence-corrected chi connectivity index (χ2v) is 19.3. The Morgan fingerprint density at radius 1 is 0.797 bits per heavy atom. The Morgan fingerprint density at radius 3 is 2.16 bits per heavy atom. The van der Waals surface area contributed by atoms with Crippen molar-refractivity contribution in [2.24, 2.45) is 10.8 Å². The highest BCUT2D eigenvalue weighted by molar-refractivity contribution is 7.13. The quantitative estimate of drug-likeness (QED) is 0.0774. The maximum absolute atomic E-state index is 14.7. The number of pyridine rings is 2. The van der Waals surface area contributed by atoms with Crippen LogP contribution in [0.25, 0.3) is 21.8 Å². The number of aliphatic hydroxyl groups excluding tert-OH is 1. The van der Waals surface area contributed by atoms with E-state index < -0.39 is 59.0 Å². The molecule has 0 aliphatic carbocycles. The van der Waals surface area contributed by atoms with Gasteiger partial charge in [-0.25, -0.2) is 14.6 Å². The van der Waals surface area contributed by atoms with Gasteiger partial charge in [0.15, 0.2) is 0 Å². The lowest BCUT2D eigenvalue weighted by molar-refractivity contribution is -0.131. The lowest BCUT2D eigenvalue weighted by Gasteiger charge is -2.38. The van der Waals surface area contributed by atoms with E-state index in [1.165, 1.54) is 18.4 Å². The van der Waals surface area contributed by atoms with Crippen LogP contribution in [0.1, 0.15) is 64.8 Å². The Bertz CT molecular complexity index is 2320. The van der Waals surface area contributed by atoms with Gasteiger partial charge in [-0.15, -0.1) is 11.3 Å². The van der Waals surface area contributed by atoms with Crippen LogP contribution < -0.4 is 16.0 Å². The average molecular weight is 889 g/mol. The van der Waals surface area contributed by atoms with Crippen LogP contribution in [0.3, 0.4) is 0 Å². The van der Waals surface area contributed by atoms with E-state index in [0.29, 0.717) is 26.1 Å². The molecule has 0 radical (unpaired) electrons. The molecule has 4 heterocycles. The fourth-order valence-corrected chi connectivity index (χ4v) is 8.82. The third-order valence-electron chi connectivity index (χ3n) is 11.3. The first-order valence-electron chi connectivity index (χ1n) is 21.6. The second kappa shape index (κ2) is 21.0. The minimum atomic E-state index is -1.16. The molecular formula is C49H60N8O6S. The van der Waals surface area contributed by atoms with Crippen LogP contribution in [0.4, 0.5) is 9.59 Å². The normalized spacial score (nSPS) is 15.5. The number of nitrogens with one attached hydrogen (secondary N) is 3. The van der Waals surface area contributed by atoms with Crippen LogP contribution in [0.2, 0.25) is 0 Å². The van der Waals surface area contributed by atoms with Gasteiger partial charge in [0.25, 0.3) is 0 Å². The van der Waals surface area contributed by atoms with Gasteiger partial charge >= 0.3 is 12.1 Å². The van der Waals surface area contributed by atoms with Gasteiger partial charge in [0, 0.05) is 54.2 Å². The molecule has 1 fully saturated rings. The number of rotatable bonds is 17. The summed E-state index contributed by atoms with van der Waals surface area (Å²) >= 11 is 1.49. The summed E-state index contributed by atoms with van der Waals surface area (Å²) in [7, 11) is 1.24. The van der Waals surface area contributed by atoms with E-state index in [0.717, 1.165) is 38.6 Å². The summed E-state index contributed by atoms with van der Waals surface area (Å²) in [5.74, 6) is -0.837. The van der Waals surface area contributed by atoms with E-state index in [1.54, 1.807) is 28.4 Å². The van der Waals surface area contributed by atoms with Gasteiger partial charge in [-0.1, -0.05) is 102 Å². The molecule has 15 heteroatoms. The number of methoxy groups -OCH3 is 1. The number of hydrogen-bond donors (Lipinski definition) is 4. The molecule has 3 aromatic heterocycles. The number of thiazole rings is 1.